The minimum absolute atomic E-state index is 0.114. The molecule has 9 aromatic rings. The largest absolute Gasteiger partial charge is 0.445 e. The van der Waals surface area contributed by atoms with Crippen LogP contribution in [0.25, 0.3) is 32.7 Å². The number of nitrogens with one attached hydrogen (secondary N) is 8. The number of nitro benzene ring substituents is 1. The number of carbonyl (C=O) groups excluding carboxylic acids is 5. The summed E-state index contributed by atoms with van der Waals surface area (Å²) in [7, 11) is 0. The van der Waals surface area contributed by atoms with Crippen LogP contribution in [0.3, 0.4) is 0 Å². The minimum atomic E-state index is -0.913. The van der Waals surface area contributed by atoms with E-state index in [1.165, 1.54) is 30.3 Å². The van der Waals surface area contributed by atoms with Crippen molar-refractivity contribution in [3.05, 3.63) is 207 Å². The second-order valence-corrected chi connectivity index (χ2v) is 18.1. The Balaban J connectivity index is 0.842. The molecule has 0 spiro atoms. The number of hydrogen-bond acceptors (Lipinski definition) is 12. The number of aromatic amines is 3. The molecule has 0 radical (unpaired) electrons. The number of alkyl carbamates (subject to hydrolysis) is 3. The SMILES string of the molecule is O=C(NCCc1c[nH]c2ccccc12)OCc1cc(COC(=O)Nc2c(COC(=O)NCCc3c[nH]c4ccccc34)cccc2COC(=O)NCCc2c[nH]c3ccccc23)ccc1NC(=O)OCc1ccc([N+](=O)[O-])cc1. The van der Waals surface area contributed by atoms with Crippen LogP contribution in [0.5, 0.6) is 0 Å². The third kappa shape index (κ3) is 14.5. The molecule has 0 saturated heterocycles. The Morgan fingerprint density at radius 1 is 0.418 bits per heavy atom. The predicted molar refractivity (Wildman–Crippen MR) is 294 cm³/mol. The number of anilines is 2. The first kappa shape index (κ1) is 53.5. The Bertz CT molecular complexity index is 3510. The minimum Gasteiger partial charge on any atom is -0.445 e. The van der Waals surface area contributed by atoms with Gasteiger partial charge in [-0.25, -0.2) is 24.0 Å². The average Bonchev–Trinajstić information content (AvgIpc) is 4.21. The van der Waals surface area contributed by atoms with Gasteiger partial charge >= 0.3 is 30.5 Å². The molecule has 0 bridgehead atoms. The second kappa shape index (κ2) is 26.0. The highest BCUT2D eigenvalue weighted by molar-refractivity contribution is 5.88. The fourth-order valence-corrected chi connectivity index (χ4v) is 8.82. The van der Waals surface area contributed by atoms with Crippen LogP contribution >= 0.6 is 0 Å². The molecular weight excluding hydrogens is 1010 g/mol. The van der Waals surface area contributed by atoms with E-state index < -0.39 is 35.4 Å². The third-order valence-electron chi connectivity index (χ3n) is 12.8. The van der Waals surface area contributed by atoms with Crippen molar-refractivity contribution in [3.8, 4) is 0 Å². The fraction of sp³-hybridized carbons (Fsp3) is 0.190. The van der Waals surface area contributed by atoms with E-state index in [9.17, 15) is 34.1 Å². The molecule has 0 unspecified atom stereocenters. The highest BCUT2D eigenvalue weighted by atomic mass is 16.6. The summed E-state index contributed by atoms with van der Waals surface area (Å²) in [5.41, 5.74) is 8.32. The number of para-hydroxylation sites is 4. The van der Waals surface area contributed by atoms with Gasteiger partial charge in [0.2, 0.25) is 0 Å². The topological polar surface area (TPSA) is 282 Å². The van der Waals surface area contributed by atoms with Crippen LogP contribution in [0.15, 0.2) is 152 Å². The van der Waals surface area contributed by atoms with Gasteiger partial charge in [0.15, 0.2) is 0 Å². The number of aromatic nitrogens is 3. The van der Waals surface area contributed by atoms with Crippen LogP contribution in [-0.4, -0.2) is 70.0 Å². The number of nitrogens with zero attached hydrogens (tertiary/aromatic N) is 1. The van der Waals surface area contributed by atoms with Crippen molar-refractivity contribution in [1.82, 2.24) is 30.9 Å². The highest BCUT2D eigenvalue weighted by Gasteiger charge is 2.19. The predicted octanol–water partition coefficient (Wildman–Crippen LogP) is 10.9. The summed E-state index contributed by atoms with van der Waals surface area (Å²) in [6, 6.07) is 38.7. The number of ether oxygens (including phenoxy) is 5. The molecule has 0 atom stereocenters. The van der Waals surface area contributed by atoms with Crippen LogP contribution in [0.2, 0.25) is 0 Å². The molecule has 0 aliphatic rings. The molecule has 79 heavy (non-hydrogen) atoms. The van der Waals surface area contributed by atoms with Gasteiger partial charge in [0, 0.05) is 99.8 Å². The molecule has 9 rings (SSSR count). The normalized spacial score (nSPS) is 10.9. The van der Waals surface area contributed by atoms with Gasteiger partial charge in [-0.05, 0) is 89.5 Å². The van der Waals surface area contributed by atoms with Crippen molar-refractivity contribution in [2.24, 2.45) is 0 Å². The molecule has 21 heteroatoms. The maximum atomic E-state index is 13.7. The zero-order valence-electron chi connectivity index (χ0n) is 42.6. The van der Waals surface area contributed by atoms with Crippen molar-refractivity contribution in [2.75, 3.05) is 30.3 Å². The molecule has 3 aromatic heterocycles. The standard InChI is InChI=1S/C58H55N9O12/c68-54(59-25-22-39-29-62-50-13-4-1-10-46(39)50)77-34-42-8-7-9-43(35-78-55(69)60-26-23-40-30-63-51-14-5-2-11-47(40)51)53(42)66-58(72)76-33-38-18-21-49(65-57(71)75-32-37-16-19-45(20-17-37)67(73)74)44(28-38)36-79-56(70)61-27-24-41-31-64-52-15-6-3-12-48(41)52/h1-21,28-31,62-64H,22-27,32-36H2,(H,59,68)(H,60,69)(H,61,70)(H,65,71)(H,66,72). The van der Waals surface area contributed by atoms with Gasteiger partial charge in [-0.1, -0.05) is 78.9 Å². The van der Waals surface area contributed by atoms with Crippen LogP contribution in [0.1, 0.15) is 44.5 Å². The van der Waals surface area contributed by atoms with E-state index in [-0.39, 0.29) is 56.6 Å². The van der Waals surface area contributed by atoms with E-state index in [0.717, 1.165) is 49.4 Å². The monoisotopic (exact) mass is 1070 g/mol. The number of nitro groups is 1. The van der Waals surface area contributed by atoms with Crippen molar-refractivity contribution < 1.29 is 52.6 Å². The zero-order chi connectivity index (χ0) is 54.9. The summed E-state index contributed by atoms with van der Waals surface area (Å²) in [6.45, 7) is -0.512. The molecule has 6 aromatic carbocycles. The van der Waals surface area contributed by atoms with Crippen molar-refractivity contribution >= 4 is 80.2 Å². The van der Waals surface area contributed by atoms with Crippen LogP contribution in [0, 0.1) is 10.1 Å². The quantitative estimate of drug-likeness (QED) is 0.0179. The Morgan fingerprint density at radius 3 is 1.29 bits per heavy atom. The lowest BCUT2D eigenvalue weighted by atomic mass is 10.1. The smallest absolute Gasteiger partial charge is 0.411 e. The van der Waals surface area contributed by atoms with Gasteiger partial charge in [0.1, 0.15) is 33.0 Å². The molecule has 3 heterocycles. The third-order valence-corrected chi connectivity index (χ3v) is 12.8. The number of hydrogen-bond donors (Lipinski definition) is 8. The molecule has 0 aliphatic heterocycles. The maximum absolute atomic E-state index is 13.7. The van der Waals surface area contributed by atoms with Gasteiger partial charge in [-0.3, -0.25) is 20.7 Å². The molecule has 0 aliphatic carbocycles. The lowest BCUT2D eigenvalue weighted by Crippen LogP contribution is -2.27. The summed E-state index contributed by atoms with van der Waals surface area (Å²) in [4.78, 5) is 85.9. The molecule has 0 saturated carbocycles. The summed E-state index contributed by atoms with van der Waals surface area (Å²) < 4.78 is 27.9. The number of fused-ring (bicyclic) bond motifs is 3. The van der Waals surface area contributed by atoms with Gasteiger partial charge in [-0.2, -0.15) is 0 Å². The first-order chi connectivity index (χ1) is 38.5. The lowest BCUT2D eigenvalue weighted by molar-refractivity contribution is -0.384. The molecule has 0 fully saturated rings. The van der Waals surface area contributed by atoms with E-state index in [2.05, 4.69) is 41.5 Å². The van der Waals surface area contributed by atoms with Crippen molar-refractivity contribution in [3.63, 3.8) is 0 Å². The van der Waals surface area contributed by atoms with E-state index in [0.29, 0.717) is 60.2 Å². The Hall–Kier alpha value is -10.3. The van der Waals surface area contributed by atoms with Crippen LogP contribution in [0.4, 0.5) is 41.0 Å². The zero-order valence-corrected chi connectivity index (χ0v) is 42.6. The summed E-state index contributed by atoms with van der Waals surface area (Å²) in [5, 5.41) is 27.9. The summed E-state index contributed by atoms with van der Waals surface area (Å²) in [5.74, 6) is 0. The molecule has 21 nitrogen and oxygen atoms in total. The Morgan fingerprint density at radius 2 is 0.823 bits per heavy atom. The second-order valence-electron chi connectivity index (χ2n) is 18.1. The highest BCUT2D eigenvalue weighted by Crippen LogP contribution is 2.26. The van der Waals surface area contributed by atoms with Gasteiger partial charge in [0.25, 0.3) is 5.69 Å². The molecule has 8 N–H and O–H groups in total. The molecule has 404 valence electrons. The lowest BCUT2D eigenvalue weighted by Gasteiger charge is -2.17. The number of amides is 5. The number of benzene rings is 6. The van der Waals surface area contributed by atoms with Crippen LogP contribution in [-0.2, 0) is 76.0 Å². The van der Waals surface area contributed by atoms with Crippen molar-refractivity contribution in [2.45, 2.75) is 52.3 Å². The number of rotatable bonds is 22. The van der Waals surface area contributed by atoms with Gasteiger partial charge in [-0.15, -0.1) is 0 Å². The van der Waals surface area contributed by atoms with E-state index in [1.807, 2.05) is 91.4 Å². The number of non-ortho nitro benzene ring substituents is 1. The van der Waals surface area contributed by atoms with E-state index in [4.69, 9.17) is 23.7 Å². The van der Waals surface area contributed by atoms with Crippen molar-refractivity contribution in [1.29, 1.82) is 0 Å². The summed E-state index contributed by atoms with van der Waals surface area (Å²) >= 11 is 0. The van der Waals surface area contributed by atoms with Crippen LogP contribution < -0.4 is 26.6 Å². The first-order valence-corrected chi connectivity index (χ1v) is 25.2. The molecular formula is C58H55N9O12. The molecule has 5 amide bonds. The van der Waals surface area contributed by atoms with E-state index >= 15 is 0 Å². The number of H-pyrrole nitrogens is 3. The Kier molecular flexibility index (Phi) is 17.6. The number of carbonyl (C=O) groups is 5. The average molecular weight is 1070 g/mol. The summed E-state index contributed by atoms with van der Waals surface area (Å²) in [6.07, 6.45) is 3.42. The van der Waals surface area contributed by atoms with Gasteiger partial charge in [0.05, 0.1) is 16.3 Å². The maximum Gasteiger partial charge on any atom is 0.411 e. The fourth-order valence-electron chi connectivity index (χ4n) is 8.82. The van der Waals surface area contributed by atoms with Gasteiger partial charge < -0.3 is 54.6 Å². The first-order valence-electron chi connectivity index (χ1n) is 25.2. The Labute approximate surface area is 451 Å². The van der Waals surface area contributed by atoms with E-state index in [1.54, 1.807) is 30.3 Å².